The molecule has 3 rings (SSSR count). The van der Waals surface area contributed by atoms with Gasteiger partial charge in [0, 0.05) is 17.7 Å². The van der Waals surface area contributed by atoms with Crippen LogP contribution < -0.4 is 5.73 Å². The molecule has 21 heavy (non-hydrogen) atoms. The fourth-order valence-corrected chi connectivity index (χ4v) is 3.09. The Morgan fingerprint density at radius 3 is 2.86 bits per heavy atom. The Kier molecular flexibility index (Phi) is 3.41. The van der Waals surface area contributed by atoms with Gasteiger partial charge in [-0.1, -0.05) is 19.1 Å². The predicted octanol–water partition coefficient (Wildman–Crippen LogP) is 2.94. The van der Waals surface area contributed by atoms with Gasteiger partial charge in [0.1, 0.15) is 0 Å². The summed E-state index contributed by atoms with van der Waals surface area (Å²) in [5.41, 5.74) is 10.5. The van der Waals surface area contributed by atoms with Crippen molar-refractivity contribution in [2.75, 3.05) is 7.11 Å². The van der Waals surface area contributed by atoms with Crippen molar-refractivity contribution in [3.8, 4) is 0 Å². The third-order valence-corrected chi connectivity index (χ3v) is 4.54. The second-order valence-corrected chi connectivity index (χ2v) is 5.90. The molecule has 0 spiro atoms. The number of esters is 1. The van der Waals surface area contributed by atoms with E-state index in [1.165, 1.54) is 25.2 Å². The number of rotatable bonds is 3. The molecule has 0 saturated heterocycles. The van der Waals surface area contributed by atoms with Gasteiger partial charge in [0.25, 0.3) is 0 Å². The zero-order chi connectivity index (χ0) is 15.0. The number of fused-ring (bicyclic) bond motifs is 1. The SMILES string of the molecule is COC(=O)/C=C/c1ccc2c(c1)N=C(C1(N)CCC1)C2C. The minimum Gasteiger partial charge on any atom is -0.466 e. The minimum absolute atomic E-state index is 0.208. The minimum atomic E-state index is -0.358. The topological polar surface area (TPSA) is 64.7 Å². The van der Waals surface area contributed by atoms with E-state index in [1.807, 2.05) is 12.1 Å². The maximum atomic E-state index is 11.1. The molecule has 0 aromatic heterocycles. The molecule has 0 radical (unpaired) electrons. The van der Waals surface area contributed by atoms with Crippen LogP contribution in [0, 0.1) is 0 Å². The fraction of sp³-hybridized carbons (Fsp3) is 0.412. The molecule has 2 N–H and O–H groups in total. The molecule has 1 unspecified atom stereocenters. The summed E-state index contributed by atoms with van der Waals surface area (Å²) in [4.78, 5) is 15.9. The number of nitrogens with two attached hydrogens (primary N) is 1. The van der Waals surface area contributed by atoms with E-state index in [-0.39, 0.29) is 17.4 Å². The first-order valence-electron chi connectivity index (χ1n) is 7.31. The Morgan fingerprint density at radius 2 is 2.24 bits per heavy atom. The van der Waals surface area contributed by atoms with Crippen LogP contribution in [0.2, 0.25) is 0 Å². The van der Waals surface area contributed by atoms with Crippen molar-refractivity contribution in [3.63, 3.8) is 0 Å². The third kappa shape index (κ3) is 2.40. The van der Waals surface area contributed by atoms with E-state index in [2.05, 4.69) is 17.7 Å². The van der Waals surface area contributed by atoms with Crippen LogP contribution in [0.15, 0.2) is 29.3 Å². The summed E-state index contributed by atoms with van der Waals surface area (Å²) in [6.07, 6.45) is 6.40. The van der Waals surface area contributed by atoms with Crippen LogP contribution in [-0.4, -0.2) is 24.3 Å². The van der Waals surface area contributed by atoms with E-state index in [4.69, 9.17) is 10.7 Å². The summed E-state index contributed by atoms with van der Waals surface area (Å²) in [5, 5.41) is 0. The largest absolute Gasteiger partial charge is 0.466 e. The highest BCUT2D eigenvalue weighted by molar-refractivity contribution is 6.05. The van der Waals surface area contributed by atoms with Crippen LogP contribution in [0.5, 0.6) is 0 Å². The van der Waals surface area contributed by atoms with E-state index < -0.39 is 0 Å². The van der Waals surface area contributed by atoms with Crippen LogP contribution >= 0.6 is 0 Å². The van der Waals surface area contributed by atoms with Crippen LogP contribution in [-0.2, 0) is 9.53 Å². The zero-order valence-corrected chi connectivity index (χ0v) is 12.4. The average Bonchev–Trinajstić information content (AvgIpc) is 2.79. The standard InChI is InChI=1S/C17H20N2O2/c1-11-13-6-4-12(5-7-15(20)21-2)10-14(13)19-16(11)17(18)8-3-9-17/h4-7,10-11H,3,8-9,18H2,1-2H3/b7-5+. The smallest absolute Gasteiger partial charge is 0.330 e. The molecular formula is C17H20N2O2. The normalized spacial score (nSPS) is 22.6. The second kappa shape index (κ2) is 5.11. The summed E-state index contributed by atoms with van der Waals surface area (Å²) >= 11 is 0. The summed E-state index contributed by atoms with van der Waals surface area (Å²) in [5.74, 6) is -0.0765. The molecular weight excluding hydrogens is 264 g/mol. The van der Waals surface area contributed by atoms with Crippen molar-refractivity contribution >= 4 is 23.4 Å². The second-order valence-electron chi connectivity index (χ2n) is 5.90. The van der Waals surface area contributed by atoms with E-state index in [1.54, 1.807) is 6.08 Å². The summed E-state index contributed by atoms with van der Waals surface area (Å²) < 4.78 is 4.60. The average molecular weight is 284 g/mol. The lowest BCUT2D eigenvalue weighted by molar-refractivity contribution is -0.134. The summed E-state index contributed by atoms with van der Waals surface area (Å²) in [6.45, 7) is 2.17. The molecule has 110 valence electrons. The van der Waals surface area contributed by atoms with Gasteiger partial charge in [0.05, 0.1) is 18.3 Å². The van der Waals surface area contributed by atoms with E-state index in [0.717, 1.165) is 29.8 Å². The lowest BCUT2D eigenvalue weighted by Crippen LogP contribution is -2.54. The molecule has 2 aliphatic rings. The number of methoxy groups -OCH3 is 1. The maximum Gasteiger partial charge on any atom is 0.330 e. The van der Waals surface area contributed by atoms with Gasteiger partial charge in [-0.2, -0.15) is 0 Å². The van der Waals surface area contributed by atoms with Crippen LogP contribution in [0.1, 0.15) is 43.2 Å². The molecule has 1 aromatic carbocycles. The highest BCUT2D eigenvalue weighted by atomic mass is 16.5. The van der Waals surface area contributed by atoms with Gasteiger partial charge in [-0.25, -0.2) is 4.79 Å². The van der Waals surface area contributed by atoms with Gasteiger partial charge in [0.2, 0.25) is 0 Å². The Labute approximate surface area is 124 Å². The molecule has 0 amide bonds. The summed E-state index contributed by atoms with van der Waals surface area (Å²) in [7, 11) is 1.37. The Hall–Kier alpha value is -1.94. The molecule has 1 aliphatic heterocycles. The Balaban J connectivity index is 1.88. The third-order valence-electron chi connectivity index (χ3n) is 4.54. The van der Waals surface area contributed by atoms with E-state index in [0.29, 0.717) is 0 Å². The lowest BCUT2D eigenvalue weighted by Gasteiger charge is -2.39. The van der Waals surface area contributed by atoms with E-state index in [9.17, 15) is 4.79 Å². The van der Waals surface area contributed by atoms with Crippen molar-refractivity contribution in [3.05, 3.63) is 35.4 Å². The van der Waals surface area contributed by atoms with Crippen LogP contribution in [0.25, 0.3) is 6.08 Å². The number of hydrogen-bond acceptors (Lipinski definition) is 4. The number of carbonyl (C=O) groups is 1. The highest BCUT2D eigenvalue weighted by Gasteiger charge is 2.42. The zero-order valence-electron chi connectivity index (χ0n) is 12.4. The highest BCUT2D eigenvalue weighted by Crippen LogP contribution is 2.44. The lowest BCUT2D eigenvalue weighted by atomic mass is 9.70. The number of benzene rings is 1. The van der Waals surface area contributed by atoms with Gasteiger partial charge in [-0.05, 0) is 42.5 Å². The molecule has 0 bridgehead atoms. The Bertz CT molecular complexity index is 642. The number of hydrogen-bond donors (Lipinski definition) is 1. The number of nitrogens with zero attached hydrogens (tertiary/aromatic N) is 1. The number of carbonyl (C=O) groups excluding carboxylic acids is 1. The van der Waals surface area contributed by atoms with Crippen LogP contribution in [0.3, 0.4) is 0 Å². The van der Waals surface area contributed by atoms with Crippen molar-refractivity contribution in [1.29, 1.82) is 0 Å². The fourth-order valence-electron chi connectivity index (χ4n) is 3.09. The first-order valence-corrected chi connectivity index (χ1v) is 7.31. The molecule has 4 heteroatoms. The van der Waals surface area contributed by atoms with Crippen molar-refractivity contribution < 1.29 is 9.53 Å². The van der Waals surface area contributed by atoms with Crippen molar-refractivity contribution in [2.24, 2.45) is 10.7 Å². The molecule has 1 fully saturated rings. The molecule has 1 atom stereocenters. The molecule has 4 nitrogen and oxygen atoms in total. The van der Waals surface area contributed by atoms with Crippen molar-refractivity contribution in [1.82, 2.24) is 0 Å². The maximum absolute atomic E-state index is 11.1. The monoisotopic (exact) mass is 284 g/mol. The van der Waals surface area contributed by atoms with Gasteiger partial charge >= 0.3 is 5.97 Å². The van der Waals surface area contributed by atoms with Gasteiger partial charge in [-0.15, -0.1) is 0 Å². The van der Waals surface area contributed by atoms with Crippen LogP contribution in [0.4, 0.5) is 5.69 Å². The molecule has 1 aliphatic carbocycles. The quantitative estimate of drug-likeness (QED) is 0.685. The number of ether oxygens (including phenoxy) is 1. The molecule has 1 heterocycles. The van der Waals surface area contributed by atoms with Gasteiger partial charge in [0.15, 0.2) is 0 Å². The first-order chi connectivity index (χ1) is 10.0. The Morgan fingerprint density at radius 1 is 1.48 bits per heavy atom. The molecule has 1 saturated carbocycles. The van der Waals surface area contributed by atoms with Crippen molar-refractivity contribution in [2.45, 2.75) is 37.6 Å². The van der Waals surface area contributed by atoms with Gasteiger partial charge in [-0.3, -0.25) is 4.99 Å². The van der Waals surface area contributed by atoms with E-state index >= 15 is 0 Å². The van der Waals surface area contributed by atoms with Gasteiger partial charge < -0.3 is 10.5 Å². The first kappa shape index (κ1) is 14.0. The molecule has 1 aromatic rings. The summed E-state index contributed by atoms with van der Waals surface area (Å²) in [6, 6.07) is 6.08. The number of aliphatic imine (C=N–C) groups is 1. The predicted molar refractivity (Wildman–Crippen MR) is 83.8 cm³/mol.